The molecule has 84 valence electrons. The molecule has 0 aliphatic rings. The quantitative estimate of drug-likeness (QED) is 0.822. The zero-order valence-corrected chi connectivity index (χ0v) is 10.5. The van der Waals surface area contributed by atoms with Crippen LogP contribution >= 0.6 is 23.2 Å². The molecule has 1 rings (SSSR count). The van der Waals surface area contributed by atoms with Crippen molar-refractivity contribution in [3.05, 3.63) is 10.6 Å². The summed E-state index contributed by atoms with van der Waals surface area (Å²) in [7, 11) is 0. The second-order valence-corrected chi connectivity index (χ2v) is 4.14. The van der Waals surface area contributed by atoms with E-state index < -0.39 is 0 Å². The number of nitrogens with zero attached hydrogens (tertiary/aromatic N) is 4. The fourth-order valence-corrected chi connectivity index (χ4v) is 1.63. The van der Waals surface area contributed by atoms with Crippen molar-refractivity contribution >= 4 is 29.2 Å². The summed E-state index contributed by atoms with van der Waals surface area (Å²) in [5.74, 6) is 0.539. The minimum absolute atomic E-state index is 0.131. The maximum Gasteiger partial charge on any atom is 0.231 e. The molecular weight excluding hydrogens is 235 g/mol. The molecule has 0 fully saturated rings. The summed E-state index contributed by atoms with van der Waals surface area (Å²) in [5.41, 5.74) is 0. The van der Waals surface area contributed by atoms with Crippen molar-refractivity contribution in [2.75, 3.05) is 11.4 Å². The van der Waals surface area contributed by atoms with E-state index in [1.54, 1.807) is 0 Å². The van der Waals surface area contributed by atoms with Crippen LogP contribution in [0.5, 0.6) is 0 Å². The fraction of sp³-hybridized carbons (Fsp3) is 0.667. The maximum atomic E-state index is 5.73. The van der Waals surface area contributed by atoms with Gasteiger partial charge in [-0.2, -0.15) is 15.0 Å². The first kappa shape index (κ1) is 12.5. The van der Waals surface area contributed by atoms with E-state index in [0.717, 1.165) is 13.0 Å². The predicted molar refractivity (Wildman–Crippen MR) is 62.6 cm³/mol. The highest BCUT2D eigenvalue weighted by atomic mass is 35.5. The van der Waals surface area contributed by atoms with Crippen molar-refractivity contribution in [1.82, 2.24) is 15.0 Å². The molecule has 0 saturated carbocycles. The molecule has 0 amide bonds. The van der Waals surface area contributed by atoms with Crippen LogP contribution in [0.4, 0.5) is 5.95 Å². The lowest BCUT2D eigenvalue weighted by Gasteiger charge is -2.25. The van der Waals surface area contributed by atoms with Crippen LogP contribution in [0.3, 0.4) is 0 Å². The lowest BCUT2D eigenvalue weighted by molar-refractivity contribution is 0.649. The van der Waals surface area contributed by atoms with Gasteiger partial charge in [0.1, 0.15) is 0 Å². The minimum atomic E-state index is 0.131. The van der Waals surface area contributed by atoms with Gasteiger partial charge in [-0.25, -0.2) is 0 Å². The molecule has 0 radical (unpaired) electrons. The van der Waals surface area contributed by atoms with Crippen molar-refractivity contribution in [3.8, 4) is 0 Å². The molecule has 0 N–H and O–H groups in total. The van der Waals surface area contributed by atoms with Crippen molar-refractivity contribution in [1.29, 1.82) is 0 Å². The average Bonchev–Trinajstić information content (AvgIpc) is 2.11. The third-order valence-corrected chi connectivity index (χ3v) is 2.25. The van der Waals surface area contributed by atoms with Gasteiger partial charge >= 0.3 is 0 Å². The van der Waals surface area contributed by atoms with Crippen molar-refractivity contribution in [2.45, 2.75) is 33.2 Å². The van der Waals surface area contributed by atoms with Crippen LogP contribution in [0.1, 0.15) is 27.2 Å². The van der Waals surface area contributed by atoms with Gasteiger partial charge in [0, 0.05) is 12.6 Å². The van der Waals surface area contributed by atoms with Gasteiger partial charge in [0.2, 0.25) is 16.5 Å². The van der Waals surface area contributed by atoms with Gasteiger partial charge in [0.25, 0.3) is 0 Å². The van der Waals surface area contributed by atoms with Gasteiger partial charge in [-0.3, -0.25) is 0 Å². The Labute approximate surface area is 99.6 Å². The summed E-state index contributed by atoms with van der Waals surface area (Å²) >= 11 is 11.5. The standard InChI is InChI=1S/C9H14Cl2N4/c1-4-5-15(6(2)3)9-13-7(10)12-8(11)14-9/h6H,4-5H2,1-3H3. The molecule has 1 heterocycles. The largest absolute Gasteiger partial charge is 0.338 e. The molecule has 0 spiro atoms. The second kappa shape index (κ2) is 5.47. The molecule has 0 aliphatic heterocycles. The Morgan fingerprint density at radius 2 is 1.67 bits per heavy atom. The van der Waals surface area contributed by atoms with E-state index in [9.17, 15) is 0 Å². The number of aromatic nitrogens is 3. The lowest BCUT2D eigenvalue weighted by atomic mass is 10.3. The van der Waals surface area contributed by atoms with Crippen LogP contribution in [0, 0.1) is 0 Å². The molecule has 0 aromatic carbocycles. The van der Waals surface area contributed by atoms with Gasteiger partial charge < -0.3 is 4.90 Å². The van der Waals surface area contributed by atoms with Crippen LogP contribution < -0.4 is 4.90 Å². The first-order valence-electron chi connectivity index (χ1n) is 4.88. The Bertz CT molecular complexity index is 310. The van der Waals surface area contributed by atoms with Gasteiger partial charge in [-0.05, 0) is 43.5 Å². The van der Waals surface area contributed by atoms with E-state index in [2.05, 4.69) is 35.7 Å². The first-order valence-corrected chi connectivity index (χ1v) is 5.64. The second-order valence-electron chi connectivity index (χ2n) is 3.46. The van der Waals surface area contributed by atoms with Gasteiger partial charge in [0.15, 0.2) is 0 Å². The summed E-state index contributed by atoms with van der Waals surface area (Å²) < 4.78 is 0. The molecule has 0 bridgehead atoms. The van der Waals surface area contributed by atoms with Gasteiger partial charge in [-0.1, -0.05) is 6.92 Å². The number of hydrogen-bond donors (Lipinski definition) is 0. The third-order valence-electron chi connectivity index (χ3n) is 1.91. The Balaban J connectivity index is 2.99. The Morgan fingerprint density at radius 3 is 2.07 bits per heavy atom. The molecular formula is C9H14Cl2N4. The Kier molecular flexibility index (Phi) is 4.54. The predicted octanol–water partition coefficient (Wildman–Crippen LogP) is 2.80. The zero-order chi connectivity index (χ0) is 11.4. The maximum absolute atomic E-state index is 5.73. The van der Waals surface area contributed by atoms with Gasteiger partial charge in [0.05, 0.1) is 0 Å². The third kappa shape index (κ3) is 3.47. The molecule has 15 heavy (non-hydrogen) atoms. The highest BCUT2D eigenvalue weighted by Crippen LogP contribution is 2.16. The van der Waals surface area contributed by atoms with E-state index in [-0.39, 0.29) is 10.6 Å². The molecule has 0 saturated heterocycles. The van der Waals surface area contributed by atoms with Gasteiger partial charge in [-0.15, -0.1) is 0 Å². The summed E-state index contributed by atoms with van der Waals surface area (Å²) in [4.78, 5) is 13.9. The van der Waals surface area contributed by atoms with Crippen LogP contribution in [0.15, 0.2) is 0 Å². The van der Waals surface area contributed by atoms with Crippen LogP contribution in [-0.4, -0.2) is 27.5 Å². The lowest BCUT2D eigenvalue weighted by Crippen LogP contribution is -2.33. The highest BCUT2D eigenvalue weighted by Gasteiger charge is 2.14. The number of rotatable bonds is 4. The summed E-state index contributed by atoms with van der Waals surface area (Å²) in [6.45, 7) is 7.11. The van der Waals surface area contributed by atoms with E-state index in [1.807, 2.05) is 4.90 Å². The summed E-state index contributed by atoms with van der Waals surface area (Å²) in [5, 5.41) is 0.263. The molecule has 1 aromatic heterocycles. The average molecular weight is 249 g/mol. The Morgan fingerprint density at radius 1 is 1.13 bits per heavy atom. The smallest absolute Gasteiger partial charge is 0.231 e. The summed E-state index contributed by atoms with van der Waals surface area (Å²) in [6, 6.07) is 0.305. The molecule has 4 nitrogen and oxygen atoms in total. The fourth-order valence-electron chi connectivity index (χ4n) is 1.27. The SMILES string of the molecule is CCCN(c1nc(Cl)nc(Cl)n1)C(C)C. The molecule has 0 atom stereocenters. The van der Waals surface area contributed by atoms with Crippen molar-refractivity contribution in [2.24, 2.45) is 0 Å². The monoisotopic (exact) mass is 248 g/mol. The number of hydrogen-bond acceptors (Lipinski definition) is 4. The minimum Gasteiger partial charge on any atom is -0.338 e. The topological polar surface area (TPSA) is 41.9 Å². The number of halogens is 2. The molecule has 0 unspecified atom stereocenters. The van der Waals surface area contributed by atoms with Crippen LogP contribution in [0.2, 0.25) is 10.6 Å². The van der Waals surface area contributed by atoms with E-state index in [4.69, 9.17) is 23.2 Å². The molecule has 1 aromatic rings. The molecule has 6 heteroatoms. The van der Waals surface area contributed by atoms with E-state index in [0.29, 0.717) is 12.0 Å². The van der Waals surface area contributed by atoms with Crippen LogP contribution in [-0.2, 0) is 0 Å². The number of anilines is 1. The van der Waals surface area contributed by atoms with Crippen molar-refractivity contribution < 1.29 is 0 Å². The van der Waals surface area contributed by atoms with E-state index in [1.165, 1.54) is 0 Å². The highest BCUT2D eigenvalue weighted by molar-refractivity contribution is 6.31. The molecule has 0 aliphatic carbocycles. The first-order chi connectivity index (χ1) is 7.04. The normalized spacial score (nSPS) is 10.8. The Hall–Kier alpha value is -0.610. The summed E-state index contributed by atoms with van der Waals surface area (Å²) in [6.07, 6.45) is 1.01. The van der Waals surface area contributed by atoms with E-state index >= 15 is 0 Å². The van der Waals surface area contributed by atoms with Crippen LogP contribution in [0.25, 0.3) is 0 Å². The zero-order valence-electron chi connectivity index (χ0n) is 9.04. The van der Waals surface area contributed by atoms with Crippen molar-refractivity contribution in [3.63, 3.8) is 0 Å².